The second-order valence-electron chi connectivity index (χ2n) is 6.77. The monoisotopic (exact) mass is 347 g/mol. The van der Waals surface area contributed by atoms with E-state index >= 15 is 0 Å². The van der Waals surface area contributed by atoms with Crippen molar-refractivity contribution in [2.45, 2.75) is 37.4 Å². The number of aryl methyl sites for hydroxylation is 1. The summed E-state index contributed by atoms with van der Waals surface area (Å²) in [6, 6.07) is 10.8. The highest BCUT2D eigenvalue weighted by atomic mass is 32.2. The Morgan fingerprint density at radius 1 is 1.17 bits per heavy atom. The van der Waals surface area contributed by atoms with Gasteiger partial charge in [-0.2, -0.15) is 5.10 Å². The second kappa shape index (κ2) is 7.07. The van der Waals surface area contributed by atoms with Crippen LogP contribution in [-0.4, -0.2) is 38.0 Å². The normalized spacial score (nSPS) is 21.8. The Kier molecular flexibility index (Phi) is 5.06. The van der Waals surface area contributed by atoms with E-state index in [9.17, 15) is 8.42 Å². The maximum Gasteiger partial charge on any atom is 0.153 e. The number of hydrogen-bond acceptors (Lipinski definition) is 4. The molecular weight excluding hydrogens is 322 g/mol. The van der Waals surface area contributed by atoms with Crippen LogP contribution in [0.3, 0.4) is 0 Å². The molecule has 2 N–H and O–H groups in total. The lowest BCUT2D eigenvalue weighted by Gasteiger charge is -2.29. The van der Waals surface area contributed by atoms with E-state index < -0.39 is 9.84 Å². The van der Waals surface area contributed by atoms with E-state index in [4.69, 9.17) is 0 Å². The number of aromatic nitrogens is 2. The van der Waals surface area contributed by atoms with E-state index in [0.29, 0.717) is 17.5 Å². The number of sulfone groups is 1. The van der Waals surface area contributed by atoms with Crippen molar-refractivity contribution in [1.82, 2.24) is 15.5 Å². The molecule has 2 unspecified atom stereocenters. The van der Waals surface area contributed by atoms with Crippen molar-refractivity contribution in [1.29, 1.82) is 0 Å². The molecular formula is C18H25N3O2S. The lowest BCUT2D eigenvalue weighted by molar-refractivity contribution is 0.407. The number of H-pyrrole nitrogens is 1. The van der Waals surface area contributed by atoms with Crippen LogP contribution in [0.4, 0.5) is 0 Å². The van der Waals surface area contributed by atoms with Gasteiger partial charge in [0.05, 0.1) is 17.1 Å². The number of aromatic amines is 1. The van der Waals surface area contributed by atoms with Crippen LogP contribution in [0.5, 0.6) is 0 Å². The molecule has 1 aliphatic rings. The van der Waals surface area contributed by atoms with Crippen molar-refractivity contribution in [2.75, 3.05) is 19.3 Å². The van der Waals surface area contributed by atoms with Gasteiger partial charge in [0, 0.05) is 25.3 Å². The van der Waals surface area contributed by atoms with Crippen molar-refractivity contribution >= 4 is 9.84 Å². The predicted octanol–water partition coefficient (Wildman–Crippen LogP) is 2.38. The minimum atomic E-state index is -3.04. The summed E-state index contributed by atoms with van der Waals surface area (Å²) < 4.78 is 22.8. The molecule has 1 fully saturated rings. The van der Waals surface area contributed by atoms with Crippen molar-refractivity contribution < 1.29 is 8.42 Å². The molecule has 0 aliphatic carbocycles. The molecule has 0 saturated carbocycles. The molecule has 3 rings (SSSR count). The van der Waals surface area contributed by atoms with Gasteiger partial charge in [0.15, 0.2) is 9.84 Å². The van der Waals surface area contributed by atoms with Gasteiger partial charge in [-0.25, -0.2) is 8.42 Å². The summed E-state index contributed by atoms with van der Waals surface area (Å²) in [4.78, 5) is 0. The van der Waals surface area contributed by atoms with Crippen LogP contribution < -0.4 is 5.32 Å². The molecule has 1 aromatic carbocycles. The lowest BCUT2D eigenvalue weighted by atomic mass is 9.84. The molecule has 0 amide bonds. The molecule has 130 valence electrons. The number of piperidine rings is 1. The Morgan fingerprint density at radius 2 is 1.88 bits per heavy atom. The van der Waals surface area contributed by atoms with Gasteiger partial charge in [0.1, 0.15) is 0 Å². The summed E-state index contributed by atoms with van der Waals surface area (Å²) in [5.74, 6) is 0.783. The fraction of sp³-hybridized carbons (Fsp3) is 0.500. The maximum atomic E-state index is 11.4. The summed E-state index contributed by atoms with van der Waals surface area (Å²) in [5.41, 5.74) is 4.34. The minimum absolute atomic E-state index is 0.0159. The number of rotatable bonds is 5. The quantitative estimate of drug-likeness (QED) is 0.871. The predicted molar refractivity (Wildman–Crippen MR) is 95.9 cm³/mol. The largest absolute Gasteiger partial charge is 0.315 e. The van der Waals surface area contributed by atoms with Crippen LogP contribution in [-0.2, 0) is 22.0 Å². The van der Waals surface area contributed by atoms with E-state index in [1.807, 2.05) is 6.07 Å². The van der Waals surface area contributed by atoms with Crippen LogP contribution in [0.15, 0.2) is 30.3 Å². The number of benzene rings is 1. The first-order valence-electron chi connectivity index (χ1n) is 8.46. The van der Waals surface area contributed by atoms with Crippen molar-refractivity contribution in [2.24, 2.45) is 0 Å². The molecule has 1 aromatic heterocycles. The molecule has 2 heterocycles. The summed E-state index contributed by atoms with van der Waals surface area (Å²) in [7, 11) is -3.04. The highest BCUT2D eigenvalue weighted by Gasteiger charge is 2.26. The third-order valence-electron chi connectivity index (χ3n) is 4.70. The zero-order valence-electron chi connectivity index (χ0n) is 14.2. The van der Waals surface area contributed by atoms with E-state index in [1.54, 1.807) is 0 Å². The van der Waals surface area contributed by atoms with Gasteiger partial charge in [0.2, 0.25) is 0 Å². The average Bonchev–Trinajstić information content (AvgIpc) is 3.01. The van der Waals surface area contributed by atoms with E-state index in [1.165, 1.54) is 17.4 Å². The highest BCUT2D eigenvalue weighted by Crippen LogP contribution is 2.32. The van der Waals surface area contributed by atoms with E-state index in [0.717, 1.165) is 31.6 Å². The Morgan fingerprint density at radius 3 is 2.54 bits per heavy atom. The Bertz CT molecular complexity index is 781. The number of hydrogen-bond donors (Lipinski definition) is 2. The van der Waals surface area contributed by atoms with Crippen LogP contribution in [0, 0.1) is 0 Å². The first kappa shape index (κ1) is 17.2. The maximum absolute atomic E-state index is 11.4. The van der Waals surface area contributed by atoms with Gasteiger partial charge in [-0.3, -0.25) is 5.10 Å². The molecule has 1 saturated heterocycles. The van der Waals surface area contributed by atoms with Crippen molar-refractivity contribution in [3.63, 3.8) is 0 Å². The number of nitrogens with zero attached hydrogens (tertiary/aromatic N) is 1. The first-order valence-corrected chi connectivity index (χ1v) is 10.5. The molecule has 1 aliphatic heterocycles. The fourth-order valence-corrected chi connectivity index (χ4v) is 4.10. The Hall–Kier alpha value is -1.66. The summed E-state index contributed by atoms with van der Waals surface area (Å²) in [6.07, 6.45) is 3.33. The van der Waals surface area contributed by atoms with Gasteiger partial charge < -0.3 is 5.32 Å². The summed E-state index contributed by atoms with van der Waals surface area (Å²) >= 11 is 0. The third kappa shape index (κ3) is 4.24. The smallest absolute Gasteiger partial charge is 0.153 e. The Labute approximate surface area is 143 Å². The van der Waals surface area contributed by atoms with Gasteiger partial charge in [-0.15, -0.1) is 0 Å². The van der Waals surface area contributed by atoms with Crippen molar-refractivity contribution in [3.8, 4) is 0 Å². The molecule has 6 heteroatoms. The zero-order valence-corrected chi connectivity index (χ0v) is 15.1. The van der Waals surface area contributed by atoms with E-state index in [-0.39, 0.29) is 5.75 Å². The number of nitrogens with one attached hydrogen (secondary N) is 2. The molecule has 5 nitrogen and oxygen atoms in total. The molecule has 2 aromatic rings. The van der Waals surface area contributed by atoms with Crippen LogP contribution in [0.2, 0.25) is 0 Å². The van der Waals surface area contributed by atoms with Crippen molar-refractivity contribution in [3.05, 3.63) is 52.8 Å². The fourth-order valence-electron chi connectivity index (χ4n) is 3.39. The molecule has 0 spiro atoms. The zero-order chi connectivity index (χ0) is 17.2. The molecule has 0 radical (unpaired) electrons. The van der Waals surface area contributed by atoms with Crippen LogP contribution in [0.1, 0.15) is 47.7 Å². The van der Waals surface area contributed by atoms with E-state index in [2.05, 4.69) is 46.7 Å². The minimum Gasteiger partial charge on any atom is -0.315 e. The van der Waals surface area contributed by atoms with Crippen LogP contribution in [0.25, 0.3) is 0 Å². The lowest BCUT2D eigenvalue weighted by Crippen LogP contribution is -2.34. The standard InChI is InChI=1S/C18H25N3O2S/c1-3-13-4-6-14(7-5-13)15-8-16(11-19-10-15)18-9-17(20-21-18)12-24(2,22)23/h4-7,9,15-16,19H,3,8,10-12H2,1-2H3,(H,20,21). The van der Waals surface area contributed by atoms with Crippen LogP contribution >= 0.6 is 0 Å². The summed E-state index contributed by atoms with van der Waals surface area (Å²) in [6.45, 7) is 4.02. The molecule has 0 bridgehead atoms. The van der Waals surface area contributed by atoms with Gasteiger partial charge in [-0.05, 0) is 36.0 Å². The van der Waals surface area contributed by atoms with Gasteiger partial charge >= 0.3 is 0 Å². The second-order valence-corrected chi connectivity index (χ2v) is 8.91. The average molecular weight is 347 g/mol. The third-order valence-corrected chi connectivity index (χ3v) is 5.53. The summed E-state index contributed by atoms with van der Waals surface area (Å²) in [5, 5.41) is 10.7. The van der Waals surface area contributed by atoms with Gasteiger partial charge in [0.25, 0.3) is 0 Å². The molecule has 24 heavy (non-hydrogen) atoms. The van der Waals surface area contributed by atoms with Gasteiger partial charge in [-0.1, -0.05) is 31.2 Å². The Balaban J connectivity index is 1.71. The topological polar surface area (TPSA) is 74.8 Å². The SMILES string of the molecule is CCc1ccc(C2CNCC(c3cc(CS(C)(=O)=O)[nH]n3)C2)cc1. The molecule has 2 atom stereocenters. The highest BCUT2D eigenvalue weighted by molar-refractivity contribution is 7.89. The first-order chi connectivity index (χ1) is 11.4.